The molecule has 0 spiro atoms. The minimum Gasteiger partial charge on any atom is -0.396 e. The highest BCUT2D eigenvalue weighted by atomic mass is 16.3. The standard InChI is InChI=1S/C31H52O3/c1-19(2)20(3)9-10-21(18-32)24-17-27(34)31(8)23-11-12-25-28(4,5)26(33)14-15-29(25,6)22(23)13-16-30(24,31)7/h19,21,24-27,32-34H,3,9-18H2,1-2,4-8H3/t21-,24+,25?,26-,27-,29+,30+,31+/m0/s1. The number of fused-ring (bicyclic) bond motifs is 4. The van der Waals surface area contributed by atoms with E-state index in [0.717, 1.165) is 57.8 Å². The first-order valence-electron chi connectivity index (χ1n) is 14.1. The zero-order valence-electron chi connectivity index (χ0n) is 23.1. The van der Waals surface area contributed by atoms with Crippen LogP contribution >= 0.6 is 0 Å². The predicted molar refractivity (Wildman–Crippen MR) is 140 cm³/mol. The van der Waals surface area contributed by atoms with Gasteiger partial charge in [0.15, 0.2) is 0 Å². The van der Waals surface area contributed by atoms with Gasteiger partial charge in [0, 0.05) is 12.0 Å². The Morgan fingerprint density at radius 1 is 0.971 bits per heavy atom. The van der Waals surface area contributed by atoms with Crippen molar-refractivity contribution in [2.75, 3.05) is 6.61 Å². The van der Waals surface area contributed by atoms with Crippen molar-refractivity contribution in [3.63, 3.8) is 0 Å². The first-order chi connectivity index (χ1) is 15.7. The molecule has 34 heavy (non-hydrogen) atoms. The number of hydrogen-bond acceptors (Lipinski definition) is 3. The Balaban J connectivity index is 1.69. The molecular weight excluding hydrogens is 420 g/mol. The van der Waals surface area contributed by atoms with Crippen LogP contribution in [0.1, 0.15) is 106 Å². The second-order valence-corrected chi connectivity index (χ2v) is 14.1. The topological polar surface area (TPSA) is 60.7 Å². The minimum absolute atomic E-state index is 0.00467. The smallest absolute Gasteiger partial charge is 0.0639 e. The lowest BCUT2D eigenvalue weighted by atomic mass is 9.43. The maximum absolute atomic E-state index is 11.7. The van der Waals surface area contributed by atoms with Crippen molar-refractivity contribution in [3.8, 4) is 0 Å². The molecular formula is C31H52O3. The number of aliphatic hydroxyl groups excluding tert-OH is 3. The van der Waals surface area contributed by atoms with E-state index in [4.69, 9.17) is 0 Å². The van der Waals surface area contributed by atoms with Crippen LogP contribution in [0.3, 0.4) is 0 Å². The largest absolute Gasteiger partial charge is 0.396 e. The van der Waals surface area contributed by atoms with Gasteiger partial charge in [0.1, 0.15) is 0 Å². The van der Waals surface area contributed by atoms with E-state index in [-0.39, 0.29) is 46.4 Å². The zero-order chi connectivity index (χ0) is 25.3. The molecule has 1 unspecified atom stereocenters. The van der Waals surface area contributed by atoms with Gasteiger partial charge in [0.25, 0.3) is 0 Å². The molecule has 194 valence electrons. The van der Waals surface area contributed by atoms with E-state index in [9.17, 15) is 15.3 Å². The van der Waals surface area contributed by atoms with Crippen molar-refractivity contribution in [1.82, 2.24) is 0 Å². The summed E-state index contributed by atoms with van der Waals surface area (Å²) in [6, 6.07) is 0. The Bertz CT molecular complexity index is 840. The van der Waals surface area contributed by atoms with Crippen LogP contribution in [-0.2, 0) is 0 Å². The lowest BCUT2D eigenvalue weighted by molar-refractivity contribution is -0.100. The third-order valence-electron chi connectivity index (χ3n) is 12.3. The molecule has 0 bridgehead atoms. The number of aliphatic hydroxyl groups is 3. The Morgan fingerprint density at radius 2 is 1.65 bits per heavy atom. The summed E-state index contributed by atoms with van der Waals surface area (Å²) < 4.78 is 0. The maximum atomic E-state index is 11.7. The van der Waals surface area contributed by atoms with Crippen LogP contribution in [0.25, 0.3) is 0 Å². The van der Waals surface area contributed by atoms with Crippen LogP contribution < -0.4 is 0 Å². The van der Waals surface area contributed by atoms with E-state index in [2.05, 4.69) is 55.0 Å². The SMILES string of the molecule is C=C(CC[C@@H](CO)[C@H]1C[C@H](O)[C@@]2(C)C3=C(CC[C@]12C)[C@@]1(C)CC[C@H](O)C(C)(C)C1CC3)C(C)C. The molecule has 0 aromatic heterocycles. The molecule has 0 aromatic rings. The minimum atomic E-state index is -0.350. The van der Waals surface area contributed by atoms with Crippen LogP contribution in [0, 0.1) is 45.3 Å². The fourth-order valence-electron chi connectivity index (χ4n) is 9.55. The molecule has 3 nitrogen and oxygen atoms in total. The van der Waals surface area contributed by atoms with Gasteiger partial charge in [-0.2, -0.15) is 0 Å². The monoisotopic (exact) mass is 472 g/mol. The molecule has 0 radical (unpaired) electrons. The van der Waals surface area contributed by atoms with E-state index < -0.39 is 0 Å². The Morgan fingerprint density at radius 3 is 2.26 bits per heavy atom. The molecule has 4 aliphatic carbocycles. The number of hydrogen-bond donors (Lipinski definition) is 3. The summed E-state index contributed by atoms with van der Waals surface area (Å²) in [5.74, 6) is 1.53. The molecule has 0 aromatic carbocycles. The second kappa shape index (κ2) is 8.73. The van der Waals surface area contributed by atoms with Crippen molar-refractivity contribution >= 4 is 0 Å². The molecule has 3 N–H and O–H groups in total. The summed E-state index contributed by atoms with van der Waals surface area (Å²) in [6.07, 6.45) is 8.47. The highest BCUT2D eigenvalue weighted by molar-refractivity contribution is 5.40. The highest BCUT2D eigenvalue weighted by Gasteiger charge is 2.66. The zero-order valence-corrected chi connectivity index (χ0v) is 23.1. The molecule has 0 amide bonds. The van der Waals surface area contributed by atoms with Crippen LogP contribution in [0.4, 0.5) is 0 Å². The Hall–Kier alpha value is -0.640. The highest BCUT2D eigenvalue weighted by Crippen LogP contribution is 2.72. The summed E-state index contributed by atoms with van der Waals surface area (Å²) in [5, 5.41) is 33.0. The Labute approximate surface area is 209 Å². The quantitative estimate of drug-likeness (QED) is 0.378. The molecule has 4 rings (SSSR count). The Kier molecular flexibility index (Phi) is 6.79. The lowest BCUT2D eigenvalue weighted by Crippen LogP contribution is -2.56. The second-order valence-electron chi connectivity index (χ2n) is 14.1. The molecule has 2 saturated carbocycles. The van der Waals surface area contributed by atoms with Crippen molar-refractivity contribution in [3.05, 3.63) is 23.3 Å². The van der Waals surface area contributed by atoms with Gasteiger partial charge in [0.2, 0.25) is 0 Å². The molecule has 3 heteroatoms. The van der Waals surface area contributed by atoms with Gasteiger partial charge in [-0.25, -0.2) is 0 Å². The average molecular weight is 473 g/mol. The fraction of sp³-hybridized carbons (Fsp3) is 0.871. The molecule has 4 aliphatic rings. The van der Waals surface area contributed by atoms with E-state index in [1.54, 1.807) is 11.1 Å². The summed E-state index contributed by atoms with van der Waals surface area (Å²) in [6.45, 7) is 20.7. The van der Waals surface area contributed by atoms with Crippen LogP contribution in [0.2, 0.25) is 0 Å². The van der Waals surface area contributed by atoms with E-state index in [1.165, 1.54) is 5.57 Å². The summed E-state index contributed by atoms with van der Waals surface area (Å²) in [4.78, 5) is 0. The average Bonchev–Trinajstić information content (AvgIpc) is 2.98. The predicted octanol–water partition coefficient (Wildman–Crippen LogP) is 6.67. The van der Waals surface area contributed by atoms with E-state index >= 15 is 0 Å². The normalized spacial score (nSPS) is 44.4. The van der Waals surface area contributed by atoms with E-state index in [1.807, 2.05) is 0 Å². The van der Waals surface area contributed by atoms with Gasteiger partial charge in [0.05, 0.1) is 12.2 Å². The van der Waals surface area contributed by atoms with Crippen molar-refractivity contribution < 1.29 is 15.3 Å². The van der Waals surface area contributed by atoms with Gasteiger partial charge in [-0.3, -0.25) is 0 Å². The van der Waals surface area contributed by atoms with Gasteiger partial charge >= 0.3 is 0 Å². The van der Waals surface area contributed by atoms with Crippen molar-refractivity contribution in [2.24, 2.45) is 45.3 Å². The molecule has 0 aliphatic heterocycles. The lowest BCUT2D eigenvalue weighted by Gasteiger charge is -2.62. The maximum Gasteiger partial charge on any atom is 0.0639 e. The van der Waals surface area contributed by atoms with Crippen LogP contribution in [-0.4, -0.2) is 34.1 Å². The first kappa shape index (κ1) is 26.4. The molecule has 0 saturated heterocycles. The molecule has 8 atom stereocenters. The van der Waals surface area contributed by atoms with Gasteiger partial charge in [-0.05, 0) is 97.7 Å². The van der Waals surface area contributed by atoms with Gasteiger partial charge in [-0.1, -0.05) is 71.8 Å². The van der Waals surface area contributed by atoms with Crippen LogP contribution in [0.15, 0.2) is 23.3 Å². The fourth-order valence-corrected chi connectivity index (χ4v) is 9.55. The summed E-state index contributed by atoms with van der Waals surface area (Å²) in [7, 11) is 0. The number of rotatable bonds is 6. The summed E-state index contributed by atoms with van der Waals surface area (Å²) >= 11 is 0. The number of allylic oxidation sites excluding steroid dienone is 2. The molecule has 0 heterocycles. The summed E-state index contributed by atoms with van der Waals surface area (Å²) in [5.41, 5.74) is 4.29. The van der Waals surface area contributed by atoms with E-state index in [0.29, 0.717) is 17.8 Å². The molecule has 2 fully saturated rings. The van der Waals surface area contributed by atoms with Crippen LogP contribution in [0.5, 0.6) is 0 Å². The van der Waals surface area contributed by atoms with Crippen molar-refractivity contribution in [2.45, 2.75) is 118 Å². The first-order valence-corrected chi connectivity index (χ1v) is 14.1. The van der Waals surface area contributed by atoms with Gasteiger partial charge in [-0.15, -0.1) is 0 Å². The third kappa shape index (κ3) is 3.54. The van der Waals surface area contributed by atoms with Gasteiger partial charge < -0.3 is 15.3 Å². The van der Waals surface area contributed by atoms with Crippen molar-refractivity contribution in [1.29, 1.82) is 0 Å². The third-order valence-corrected chi connectivity index (χ3v) is 12.3.